The van der Waals surface area contributed by atoms with Crippen LogP contribution in [-0.4, -0.2) is 21.4 Å². The van der Waals surface area contributed by atoms with Crippen molar-refractivity contribution in [2.24, 2.45) is 0 Å². The Hall–Kier alpha value is -3.52. The molecule has 0 atom stereocenters. The van der Waals surface area contributed by atoms with E-state index in [0.29, 0.717) is 12.2 Å². The summed E-state index contributed by atoms with van der Waals surface area (Å²) in [4.78, 5) is 21.9. The smallest absolute Gasteiger partial charge is 0.334 e. The van der Waals surface area contributed by atoms with Gasteiger partial charge in [0.25, 0.3) is 0 Å². The molecule has 0 saturated carbocycles. The SMILES string of the molecule is CCN(c1ncnc(Nc2cccc(Br)c2)c1[N+](=O)[O-])c1cccc2ccccc12. The monoisotopic (exact) mass is 463 g/mol. The van der Waals surface area contributed by atoms with Crippen molar-refractivity contribution in [2.45, 2.75) is 6.92 Å². The van der Waals surface area contributed by atoms with Crippen molar-refractivity contribution in [3.05, 3.63) is 87.6 Å². The maximum atomic E-state index is 12.1. The molecule has 0 aliphatic rings. The standard InChI is InChI=1S/C22H18BrN5O2/c1-2-27(19-12-5-8-15-7-3-4-11-18(15)19)22-20(28(29)30)21(24-14-25-22)26-17-10-6-9-16(23)13-17/h3-14H,2H2,1H3,(H,24,25,26). The molecule has 3 aromatic carbocycles. The lowest BCUT2D eigenvalue weighted by molar-refractivity contribution is -0.383. The molecule has 0 saturated heterocycles. The molecule has 1 aromatic heterocycles. The second kappa shape index (κ2) is 8.46. The summed E-state index contributed by atoms with van der Waals surface area (Å²) in [6.45, 7) is 2.44. The van der Waals surface area contributed by atoms with Crippen LogP contribution in [0.5, 0.6) is 0 Å². The number of aromatic nitrogens is 2. The molecule has 8 heteroatoms. The van der Waals surface area contributed by atoms with Crippen molar-refractivity contribution in [3.8, 4) is 0 Å². The van der Waals surface area contributed by atoms with Gasteiger partial charge >= 0.3 is 5.69 Å². The van der Waals surface area contributed by atoms with Crippen molar-refractivity contribution >= 4 is 55.4 Å². The van der Waals surface area contributed by atoms with E-state index in [4.69, 9.17) is 0 Å². The summed E-state index contributed by atoms with van der Waals surface area (Å²) in [7, 11) is 0. The molecule has 0 bridgehead atoms. The molecule has 0 spiro atoms. The molecular weight excluding hydrogens is 446 g/mol. The fraction of sp³-hybridized carbons (Fsp3) is 0.0909. The first kappa shape index (κ1) is 19.8. The lowest BCUT2D eigenvalue weighted by Gasteiger charge is -2.24. The van der Waals surface area contributed by atoms with Gasteiger partial charge in [-0.05, 0) is 36.6 Å². The second-order valence-corrected chi connectivity index (χ2v) is 7.45. The molecule has 4 aromatic rings. The highest BCUT2D eigenvalue weighted by Crippen LogP contribution is 2.39. The van der Waals surface area contributed by atoms with E-state index >= 15 is 0 Å². The number of rotatable bonds is 6. The Morgan fingerprint density at radius 2 is 1.83 bits per heavy atom. The number of hydrogen-bond acceptors (Lipinski definition) is 6. The van der Waals surface area contributed by atoms with Gasteiger partial charge in [-0.15, -0.1) is 0 Å². The quantitative estimate of drug-likeness (QED) is 0.270. The summed E-state index contributed by atoms with van der Waals surface area (Å²) < 4.78 is 0.857. The van der Waals surface area contributed by atoms with E-state index in [1.807, 2.05) is 78.6 Å². The Kier molecular flexibility index (Phi) is 5.58. The Morgan fingerprint density at radius 3 is 2.60 bits per heavy atom. The lowest BCUT2D eigenvalue weighted by atomic mass is 10.1. The molecule has 0 fully saturated rings. The van der Waals surface area contributed by atoms with E-state index in [1.165, 1.54) is 6.33 Å². The van der Waals surface area contributed by atoms with Crippen LogP contribution in [0.25, 0.3) is 10.8 Å². The molecule has 0 unspecified atom stereocenters. The number of nitrogens with zero attached hydrogens (tertiary/aromatic N) is 4. The van der Waals surface area contributed by atoms with E-state index in [9.17, 15) is 10.1 Å². The molecule has 30 heavy (non-hydrogen) atoms. The third kappa shape index (κ3) is 3.81. The van der Waals surface area contributed by atoms with Gasteiger partial charge < -0.3 is 10.2 Å². The normalized spacial score (nSPS) is 10.7. The summed E-state index contributed by atoms with van der Waals surface area (Å²) in [6.07, 6.45) is 1.34. The number of fused-ring (bicyclic) bond motifs is 1. The van der Waals surface area contributed by atoms with Crippen molar-refractivity contribution in [1.29, 1.82) is 0 Å². The maximum Gasteiger partial charge on any atom is 0.354 e. The van der Waals surface area contributed by atoms with Crippen LogP contribution in [0.15, 0.2) is 77.5 Å². The molecule has 1 N–H and O–H groups in total. The minimum Gasteiger partial charge on any atom is -0.334 e. The van der Waals surface area contributed by atoms with Gasteiger partial charge in [0.05, 0.1) is 10.6 Å². The highest BCUT2D eigenvalue weighted by Gasteiger charge is 2.28. The zero-order chi connectivity index (χ0) is 21.1. The third-order valence-electron chi connectivity index (χ3n) is 4.70. The summed E-state index contributed by atoms with van der Waals surface area (Å²) >= 11 is 3.41. The van der Waals surface area contributed by atoms with E-state index < -0.39 is 4.92 Å². The molecule has 7 nitrogen and oxygen atoms in total. The highest BCUT2D eigenvalue weighted by molar-refractivity contribution is 9.10. The van der Waals surface area contributed by atoms with Gasteiger partial charge in [0.15, 0.2) is 0 Å². The molecule has 0 radical (unpaired) electrons. The molecular formula is C22H18BrN5O2. The summed E-state index contributed by atoms with van der Waals surface area (Å²) in [6, 6.07) is 21.2. The van der Waals surface area contributed by atoms with E-state index in [1.54, 1.807) is 0 Å². The average molecular weight is 464 g/mol. The van der Waals surface area contributed by atoms with E-state index in [-0.39, 0.29) is 17.3 Å². The summed E-state index contributed by atoms with van der Waals surface area (Å²) in [5, 5.41) is 17.2. The van der Waals surface area contributed by atoms with Crippen LogP contribution >= 0.6 is 15.9 Å². The van der Waals surface area contributed by atoms with Crippen LogP contribution in [0.1, 0.15) is 6.92 Å². The van der Waals surface area contributed by atoms with Gasteiger partial charge in [-0.2, -0.15) is 0 Å². The topological polar surface area (TPSA) is 84.2 Å². The number of anilines is 4. The van der Waals surface area contributed by atoms with Crippen LogP contribution in [0, 0.1) is 10.1 Å². The molecule has 0 amide bonds. The Morgan fingerprint density at radius 1 is 1.07 bits per heavy atom. The third-order valence-corrected chi connectivity index (χ3v) is 5.20. The van der Waals surface area contributed by atoms with Gasteiger partial charge in [0.1, 0.15) is 6.33 Å². The minimum atomic E-state index is -0.441. The predicted octanol–water partition coefficient (Wildman–Crippen LogP) is 6.20. The molecule has 150 valence electrons. The molecule has 0 aliphatic heterocycles. The zero-order valence-electron chi connectivity index (χ0n) is 16.1. The first-order chi connectivity index (χ1) is 14.6. The number of nitrogens with one attached hydrogen (secondary N) is 1. The zero-order valence-corrected chi connectivity index (χ0v) is 17.7. The average Bonchev–Trinajstić information content (AvgIpc) is 2.74. The fourth-order valence-electron chi connectivity index (χ4n) is 3.41. The van der Waals surface area contributed by atoms with Crippen molar-refractivity contribution in [1.82, 2.24) is 9.97 Å². The van der Waals surface area contributed by atoms with E-state index in [2.05, 4.69) is 31.2 Å². The molecule has 1 heterocycles. The van der Waals surface area contributed by atoms with E-state index in [0.717, 1.165) is 20.9 Å². The van der Waals surface area contributed by atoms with Gasteiger partial charge in [-0.3, -0.25) is 10.1 Å². The number of benzene rings is 3. The van der Waals surface area contributed by atoms with Crippen LogP contribution < -0.4 is 10.2 Å². The first-order valence-corrected chi connectivity index (χ1v) is 10.1. The molecule has 0 aliphatic carbocycles. The second-order valence-electron chi connectivity index (χ2n) is 6.53. The summed E-state index contributed by atoms with van der Waals surface area (Å²) in [5.41, 5.74) is 1.36. The first-order valence-electron chi connectivity index (χ1n) is 9.35. The van der Waals surface area contributed by atoms with Crippen molar-refractivity contribution in [3.63, 3.8) is 0 Å². The van der Waals surface area contributed by atoms with Crippen molar-refractivity contribution < 1.29 is 4.92 Å². The minimum absolute atomic E-state index is 0.141. The molecule has 4 rings (SSSR count). The predicted molar refractivity (Wildman–Crippen MR) is 123 cm³/mol. The Labute approximate surface area is 181 Å². The Balaban J connectivity index is 1.85. The van der Waals surface area contributed by atoms with Crippen LogP contribution in [0.3, 0.4) is 0 Å². The largest absolute Gasteiger partial charge is 0.354 e. The van der Waals surface area contributed by atoms with Gasteiger partial charge in [0.2, 0.25) is 11.6 Å². The highest BCUT2D eigenvalue weighted by atomic mass is 79.9. The van der Waals surface area contributed by atoms with Gasteiger partial charge in [0, 0.05) is 22.1 Å². The van der Waals surface area contributed by atoms with Crippen LogP contribution in [-0.2, 0) is 0 Å². The van der Waals surface area contributed by atoms with Gasteiger partial charge in [-0.1, -0.05) is 58.4 Å². The number of nitro groups is 1. The fourth-order valence-corrected chi connectivity index (χ4v) is 3.81. The number of hydrogen-bond donors (Lipinski definition) is 1. The Bertz CT molecular complexity index is 1230. The van der Waals surface area contributed by atoms with Crippen molar-refractivity contribution in [2.75, 3.05) is 16.8 Å². The number of halogens is 1. The van der Waals surface area contributed by atoms with Gasteiger partial charge in [-0.25, -0.2) is 9.97 Å². The summed E-state index contributed by atoms with van der Waals surface area (Å²) in [5.74, 6) is 0.383. The lowest BCUT2D eigenvalue weighted by Crippen LogP contribution is -2.20. The van der Waals surface area contributed by atoms with Crippen LogP contribution in [0.2, 0.25) is 0 Å². The van der Waals surface area contributed by atoms with Crippen LogP contribution in [0.4, 0.5) is 28.7 Å². The maximum absolute atomic E-state index is 12.1.